The molecule has 112 valence electrons. The van der Waals surface area contributed by atoms with Crippen LogP contribution >= 0.6 is 0 Å². The van der Waals surface area contributed by atoms with Gasteiger partial charge < -0.3 is 14.8 Å². The van der Waals surface area contributed by atoms with Crippen LogP contribution in [0.1, 0.15) is 23.7 Å². The first-order valence-corrected chi connectivity index (χ1v) is 6.31. The molecule has 0 bridgehead atoms. The summed E-state index contributed by atoms with van der Waals surface area (Å²) >= 11 is 0. The van der Waals surface area contributed by atoms with Crippen LogP contribution in [0.3, 0.4) is 0 Å². The maximum Gasteiger partial charge on any atom is 0.338 e. The Hall–Kier alpha value is -2.63. The number of hydrogen-bond acceptors (Lipinski definition) is 5. The van der Waals surface area contributed by atoms with Crippen LogP contribution < -0.4 is 5.32 Å². The Balaban J connectivity index is 2.59. The Bertz CT molecular complexity index is 548. The molecule has 1 aromatic carbocycles. The predicted molar refractivity (Wildman–Crippen MR) is 76.8 cm³/mol. The highest BCUT2D eigenvalue weighted by Gasteiger charge is 2.12. The van der Waals surface area contributed by atoms with E-state index in [0.29, 0.717) is 17.9 Å². The molecule has 0 unspecified atom stereocenters. The Labute approximate surface area is 122 Å². The van der Waals surface area contributed by atoms with Crippen molar-refractivity contribution in [3.8, 4) is 0 Å². The number of methoxy groups -OCH3 is 1. The lowest BCUT2D eigenvalue weighted by Gasteiger charge is -2.07. The largest absolute Gasteiger partial charge is 0.466 e. The number of nitrogens with one attached hydrogen (secondary N) is 1. The summed E-state index contributed by atoms with van der Waals surface area (Å²) in [5.41, 5.74) is 0.970. The van der Waals surface area contributed by atoms with Crippen molar-refractivity contribution in [3.05, 3.63) is 42.0 Å². The van der Waals surface area contributed by atoms with E-state index in [1.807, 2.05) is 0 Å². The molecule has 0 aliphatic heterocycles. The zero-order chi connectivity index (χ0) is 15.8. The summed E-state index contributed by atoms with van der Waals surface area (Å²) in [6.07, 6.45) is -0.160. The Morgan fingerprint density at radius 2 is 1.81 bits per heavy atom. The van der Waals surface area contributed by atoms with E-state index in [1.165, 1.54) is 7.11 Å². The third kappa shape index (κ3) is 5.10. The maximum absolute atomic E-state index is 11.7. The minimum atomic E-state index is -0.622. The molecule has 0 radical (unpaired) electrons. The van der Waals surface area contributed by atoms with Gasteiger partial charge in [0.2, 0.25) is 5.91 Å². The van der Waals surface area contributed by atoms with Gasteiger partial charge in [-0.1, -0.05) is 6.58 Å². The smallest absolute Gasteiger partial charge is 0.338 e. The second-order valence-corrected chi connectivity index (χ2v) is 4.12. The molecule has 6 nitrogen and oxygen atoms in total. The average molecular weight is 291 g/mol. The summed E-state index contributed by atoms with van der Waals surface area (Å²) in [5.74, 6) is -1.44. The van der Waals surface area contributed by atoms with Crippen LogP contribution in [-0.2, 0) is 19.1 Å². The molecule has 1 amide bonds. The zero-order valence-electron chi connectivity index (χ0n) is 12.0. The third-order valence-electron chi connectivity index (χ3n) is 2.53. The molecular weight excluding hydrogens is 274 g/mol. The van der Waals surface area contributed by atoms with Gasteiger partial charge in [-0.2, -0.15) is 0 Å². The SMILES string of the molecule is C=C(CC(=O)Nc1ccc(C(=O)OCC)cc1)C(=O)OC. The van der Waals surface area contributed by atoms with Crippen molar-refractivity contribution < 1.29 is 23.9 Å². The molecular formula is C15H17NO5. The van der Waals surface area contributed by atoms with Crippen molar-refractivity contribution >= 4 is 23.5 Å². The van der Waals surface area contributed by atoms with Crippen molar-refractivity contribution in [2.24, 2.45) is 0 Å². The monoisotopic (exact) mass is 291 g/mol. The summed E-state index contributed by atoms with van der Waals surface area (Å²) in [6.45, 7) is 5.49. The van der Waals surface area contributed by atoms with Crippen molar-refractivity contribution in [3.63, 3.8) is 0 Å². The molecule has 0 aliphatic rings. The van der Waals surface area contributed by atoms with E-state index in [4.69, 9.17) is 4.74 Å². The van der Waals surface area contributed by atoms with E-state index in [-0.39, 0.29) is 12.0 Å². The van der Waals surface area contributed by atoms with Gasteiger partial charge in [0.15, 0.2) is 0 Å². The lowest BCUT2D eigenvalue weighted by molar-refractivity contribution is -0.137. The summed E-state index contributed by atoms with van der Waals surface area (Å²) in [5, 5.41) is 2.59. The molecule has 0 spiro atoms. The third-order valence-corrected chi connectivity index (χ3v) is 2.53. The number of rotatable bonds is 6. The molecule has 1 N–H and O–H groups in total. The van der Waals surface area contributed by atoms with E-state index in [0.717, 1.165) is 0 Å². The van der Waals surface area contributed by atoms with Gasteiger partial charge in [0.25, 0.3) is 0 Å². The number of esters is 2. The van der Waals surface area contributed by atoms with Gasteiger partial charge in [-0.15, -0.1) is 0 Å². The van der Waals surface area contributed by atoms with Gasteiger partial charge in [0, 0.05) is 11.3 Å². The molecule has 0 heterocycles. The number of hydrogen-bond donors (Lipinski definition) is 1. The Morgan fingerprint density at radius 3 is 2.33 bits per heavy atom. The summed E-state index contributed by atoms with van der Waals surface area (Å²) in [6, 6.07) is 6.24. The number of carbonyl (C=O) groups excluding carboxylic acids is 3. The van der Waals surface area contributed by atoms with Gasteiger partial charge >= 0.3 is 11.9 Å². The van der Waals surface area contributed by atoms with Gasteiger partial charge in [0.05, 0.1) is 25.7 Å². The number of carbonyl (C=O) groups is 3. The van der Waals surface area contributed by atoms with Crippen LogP contribution in [-0.4, -0.2) is 31.6 Å². The summed E-state index contributed by atoms with van der Waals surface area (Å²) < 4.78 is 9.31. The molecule has 0 aromatic heterocycles. The quantitative estimate of drug-likeness (QED) is 0.639. The Morgan fingerprint density at radius 1 is 1.19 bits per heavy atom. The van der Waals surface area contributed by atoms with Crippen molar-refractivity contribution in [2.45, 2.75) is 13.3 Å². The van der Waals surface area contributed by atoms with E-state index >= 15 is 0 Å². The fraction of sp³-hybridized carbons (Fsp3) is 0.267. The minimum Gasteiger partial charge on any atom is -0.466 e. The fourth-order valence-electron chi connectivity index (χ4n) is 1.52. The van der Waals surface area contributed by atoms with Gasteiger partial charge in [-0.05, 0) is 31.2 Å². The Kier molecular flexibility index (Phi) is 6.13. The second kappa shape index (κ2) is 7.84. The maximum atomic E-state index is 11.7. The first-order chi connectivity index (χ1) is 9.97. The van der Waals surface area contributed by atoms with E-state index in [1.54, 1.807) is 31.2 Å². The van der Waals surface area contributed by atoms with Crippen LogP contribution in [0.15, 0.2) is 36.4 Å². The highest BCUT2D eigenvalue weighted by molar-refractivity contribution is 6.00. The molecule has 1 rings (SSSR count). The molecule has 21 heavy (non-hydrogen) atoms. The molecule has 0 saturated heterocycles. The number of benzene rings is 1. The van der Waals surface area contributed by atoms with E-state index in [9.17, 15) is 14.4 Å². The first kappa shape index (κ1) is 16.4. The number of ether oxygens (including phenoxy) is 2. The number of amides is 1. The second-order valence-electron chi connectivity index (χ2n) is 4.12. The lowest BCUT2D eigenvalue weighted by Crippen LogP contribution is -2.16. The van der Waals surface area contributed by atoms with Crippen LogP contribution in [0.25, 0.3) is 0 Å². The molecule has 6 heteroatoms. The van der Waals surface area contributed by atoms with Gasteiger partial charge in [-0.25, -0.2) is 9.59 Å². The topological polar surface area (TPSA) is 81.7 Å². The highest BCUT2D eigenvalue weighted by atomic mass is 16.5. The minimum absolute atomic E-state index is 0.0677. The van der Waals surface area contributed by atoms with E-state index in [2.05, 4.69) is 16.6 Å². The lowest BCUT2D eigenvalue weighted by atomic mass is 10.2. The summed E-state index contributed by atoms with van der Waals surface area (Å²) in [4.78, 5) is 34.3. The van der Waals surface area contributed by atoms with Crippen molar-refractivity contribution in [1.29, 1.82) is 0 Å². The van der Waals surface area contributed by atoms with E-state index < -0.39 is 17.8 Å². The van der Waals surface area contributed by atoms with Crippen molar-refractivity contribution in [1.82, 2.24) is 0 Å². The van der Waals surface area contributed by atoms with Crippen LogP contribution in [0, 0.1) is 0 Å². The summed E-state index contributed by atoms with van der Waals surface area (Å²) in [7, 11) is 1.22. The molecule has 0 saturated carbocycles. The number of anilines is 1. The molecule has 0 atom stereocenters. The average Bonchev–Trinajstić information content (AvgIpc) is 2.47. The van der Waals surface area contributed by atoms with Crippen LogP contribution in [0.4, 0.5) is 5.69 Å². The first-order valence-electron chi connectivity index (χ1n) is 6.31. The van der Waals surface area contributed by atoms with Gasteiger partial charge in [0.1, 0.15) is 0 Å². The van der Waals surface area contributed by atoms with Crippen LogP contribution in [0.2, 0.25) is 0 Å². The predicted octanol–water partition coefficient (Wildman–Crippen LogP) is 1.92. The highest BCUT2D eigenvalue weighted by Crippen LogP contribution is 2.12. The van der Waals surface area contributed by atoms with Gasteiger partial charge in [-0.3, -0.25) is 4.79 Å². The fourth-order valence-corrected chi connectivity index (χ4v) is 1.52. The molecule has 1 aromatic rings. The molecule has 0 aliphatic carbocycles. The zero-order valence-corrected chi connectivity index (χ0v) is 12.0. The standard InChI is InChI=1S/C15H17NO5/c1-4-21-15(19)11-5-7-12(8-6-11)16-13(17)9-10(2)14(18)20-3/h5-8H,2,4,9H2,1,3H3,(H,16,17). The molecule has 0 fully saturated rings. The normalized spacial score (nSPS) is 9.62. The van der Waals surface area contributed by atoms with Crippen molar-refractivity contribution in [2.75, 3.05) is 19.0 Å². The van der Waals surface area contributed by atoms with Crippen LogP contribution in [0.5, 0.6) is 0 Å².